The number of amides is 3. The Bertz CT molecular complexity index is 2170. The van der Waals surface area contributed by atoms with E-state index in [2.05, 4.69) is 15.6 Å². The number of likely N-dealkylation sites (tertiary alicyclic amines) is 1. The predicted octanol–water partition coefficient (Wildman–Crippen LogP) is 6.18. The van der Waals surface area contributed by atoms with Gasteiger partial charge in [-0.2, -0.15) is 0 Å². The summed E-state index contributed by atoms with van der Waals surface area (Å²) in [4.78, 5) is 45.2. The summed E-state index contributed by atoms with van der Waals surface area (Å²) < 4.78 is 38.0. The summed E-state index contributed by atoms with van der Waals surface area (Å²) in [5, 5.41) is 6.25. The number of nitrogens with one attached hydrogen (secondary N) is 2. The van der Waals surface area contributed by atoms with E-state index < -0.39 is 21.7 Å². The monoisotopic (exact) mass is 708 g/mol. The van der Waals surface area contributed by atoms with Gasteiger partial charge in [0, 0.05) is 41.2 Å². The van der Waals surface area contributed by atoms with Gasteiger partial charge in [0.1, 0.15) is 17.4 Å². The zero-order chi connectivity index (χ0) is 34.7. The number of thiazole rings is 1. The fraction of sp³-hybridized carbons (Fsp3) is 0.189. The second-order valence-corrected chi connectivity index (χ2v) is 15.0. The summed E-state index contributed by atoms with van der Waals surface area (Å²) in [6.45, 7) is 2.18. The highest BCUT2D eigenvalue weighted by atomic mass is 32.2. The van der Waals surface area contributed by atoms with Crippen molar-refractivity contribution in [2.24, 2.45) is 5.92 Å². The van der Waals surface area contributed by atoms with Crippen LogP contribution in [-0.4, -0.2) is 55.9 Å². The number of hydrogen-bond donors (Lipinski definition) is 2. The van der Waals surface area contributed by atoms with Crippen LogP contribution in [0.3, 0.4) is 0 Å². The number of aromatic nitrogens is 1. The molecule has 50 heavy (non-hydrogen) atoms. The molecule has 7 rings (SSSR count). The summed E-state index contributed by atoms with van der Waals surface area (Å²) in [5.41, 5.74) is 2.16. The van der Waals surface area contributed by atoms with Gasteiger partial charge >= 0.3 is 6.09 Å². The van der Waals surface area contributed by atoms with Crippen LogP contribution in [0.2, 0.25) is 0 Å². The summed E-state index contributed by atoms with van der Waals surface area (Å²) >= 11 is 1.43. The Morgan fingerprint density at radius 1 is 0.960 bits per heavy atom. The zero-order valence-corrected chi connectivity index (χ0v) is 28.3. The summed E-state index contributed by atoms with van der Waals surface area (Å²) in [6, 6.07) is 27.4. The smallest absolute Gasteiger partial charge is 0.410 e. The van der Waals surface area contributed by atoms with Crippen molar-refractivity contribution in [1.82, 2.24) is 15.2 Å². The van der Waals surface area contributed by atoms with E-state index in [1.54, 1.807) is 23.2 Å². The molecule has 0 radical (unpaired) electrons. The number of nitrogens with zero attached hydrogens (tertiary/aromatic N) is 2. The number of anilines is 1. The lowest BCUT2D eigenvalue weighted by Crippen LogP contribution is -2.30. The van der Waals surface area contributed by atoms with E-state index in [-0.39, 0.29) is 51.8 Å². The fourth-order valence-corrected chi connectivity index (χ4v) is 8.29. The van der Waals surface area contributed by atoms with Crippen molar-refractivity contribution in [3.05, 3.63) is 125 Å². The van der Waals surface area contributed by atoms with Crippen LogP contribution < -0.4 is 15.4 Å². The molecule has 1 saturated heterocycles. The Labute approximate surface area is 292 Å². The second kappa shape index (κ2) is 14.1. The van der Waals surface area contributed by atoms with E-state index >= 15 is 0 Å². The van der Waals surface area contributed by atoms with Gasteiger partial charge in [-0.15, -0.1) is 11.3 Å². The molecule has 0 aliphatic carbocycles. The van der Waals surface area contributed by atoms with E-state index in [1.807, 2.05) is 54.6 Å². The third kappa shape index (κ3) is 7.09. The lowest BCUT2D eigenvalue weighted by molar-refractivity contribution is 0.0949. The molecule has 11 nitrogen and oxygen atoms in total. The van der Waals surface area contributed by atoms with Gasteiger partial charge in [0.2, 0.25) is 9.84 Å². The molecule has 254 valence electrons. The summed E-state index contributed by atoms with van der Waals surface area (Å²) in [7, 11) is -3.96. The van der Waals surface area contributed by atoms with Gasteiger partial charge in [0.15, 0.2) is 0 Å². The van der Waals surface area contributed by atoms with Crippen LogP contribution in [-0.2, 0) is 27.7 Å². The SMILES string of the molecule is O=C(NCc1cnc(-c2ccc(OC[C@H]3CCN(C(=O)OCc4ccccc4)C3)cc2)s1)c1ccc2c(c1)NC(=O)c1ccccc1S2(=O)=O. The maximum absolute atomic E-state index is 13.2. The maximum atomic E-state index is 13.2. The maximum Gasteiger partial charge on any atom is 0.410 e. The standard InChI is InChI=1S/C37H32N4O7S2/c42-34(27-12-15-33-31(18-27)40-35(43)30-8-4-5-9-32(30)50(33,45)46)38-19-29-20-39-36(49-29)26-10-13-28(14-11-26)47-23-25-16-17-41(21-25)37(44)48-22-24-6-2-1-3-7-24/h1-15,18,20,25H,16-17,19,21-23H2,(H,38,42)(H,40,43)/t25-/m0/s1. The van der Waals surface area contributed by atoms with Gasteiger partial charge in [-0.05, 0) is 66.6 Å². The molecule has 1 aromatic heterocycles. The molecule has 1 atom stereocenters. The Hall–Kier alpha value is -5.53. The van der Waals surface area contributed by atoms with E-state index in [9.17, 15) is 22.8 Å². The molecule has 2 aliphatic rings. The van der Waals surface area contributed by atoms with Crippen molar-refractivity contribution in [1.29, 1.82) is 0 Å². The molecule has 2 aliphatic heterocycles. The van der Waals surface area contributed by atoms with E-state index in [4.69, 9.17) is 9.47 Å². The van der Waals surface area contributed by atoms with Crippen molar-refractivity contribution in [3.8, 4) is 16.3 Å². The van der Waals surface area contributed by atoms with Gasteiger partial charge in [0.05, 0.1) is 34.2 Å². The van der Waals surface area contributed by atoms with Crippen LogP contribution in [0.4, 0.5) is 10.5 Å². The average Bonchev–Trinajstić information content (AvgIpc) is 3.81. The largest absolute Gasteiger partial charge is 0.493 e. The van der Waals surface area contributed by atoms with E-state index in [1.165, 1.54) is 41.7 Å². The Morgan fingerprint density at radius 3 is 2.56 bits per heavy atom. The number of benzene rings is 4. The molecule has 1 fully saturated rings. The number of ether oxygens (including phenoxy) is 2. The number of carbonyl (C=O) groups is 3. The zero-order valence-electron chi connectivity index (χ0n) is 26.7. The fourth-order valence-electron chi connectivity index (χ4n) is 5.84. The first-order valence-corrected chi connectivity index (χ1v) is 18.3. The molecule has 2 N–H and O–H groups in total. The first kappa shape index (κ1) is 33.0. The average molecular weight is 709 g/mol. The Balaban J connectivity index is 0.898. The third-order valence-electron chi connectivity index (χ3n) is 8.51. The molecule has 13 heteroatoms. The molecule has 0 saturated carbocycles. The van der Waals surface area contributed by atoms with Crippen molar-refractivity contribution in [2.75, 3.05) is 25.0 Å². The molecular formula is C37H32N4O7S2. The first-order chi connectivity index (χ1) is 24.2. The molecule has 3 amide bonds. The number of hydrogen-bond acceptors (Lipinski definition) is 9. The molecule has 0 unspecified atom stereocenters. The molecule has 0 bridgehead atoms. The van der Waals surface area contributed by atoms with Crippen LogP contribution in [0, 0.1) is 5.92 Å². The number of fused-ring (bicyclic) bond motifs is 2. The minimum Gasteiger partial charge on any atom is -0.493 e. The highest BCUT2D eigenvalue weighted by molar-refractivity contribution is 7.91. The molecule has 3 heterocycles. The lowest BCUT2D eigenvalue weighted by Gasteiger charge is -2.17. The van der Waals surface area contributed by atoms with Crippen LogP contribution >= 0.6 is 11.3 Å². The van der Waals surface area contributed by atoms with Gasteiger partial charge < -0.3 is 25.0 Å². The lowest BCUT2D eigenvalue weighted by atomic mass is 10.1. The van der Waals surface area contributed by atoms with Crippen LogP contribution in [0.15, 0.2) is 113 Å². The van der Waals surface area contributed by atoms with Crippen molar-refractivity contribution in [3.63, 3.8) is 0 Å². The van der Waals surface area contributed by atoms with Gasteiger partial charge in [-0.1, -0.05) is 42.5 Å². The second-order valence-electron chi connectivity index (χ2n) is 12.0. The number of sulfone groups is 1. The van der Waals surface area contributed by atoms with Crippen LogP contribution in [0.5, 0.6) is 5.75 Å². The number of carbonyl (C=O) groups excluding carboxylic acids is 3. The van der Waals surface area contributed by atoms with Gasteiger partial charge in [-0.25, -0.2) is 18.2 Å². The summed E-state index contributed by atoms with van der Waals surface area (Å²) in [5.74, 6) is -0.0505. The minimum absolute atomic E-state index is 0.0499. The normalized spacial score (nSPS) is 16.0. The van der Waals surface area contributed by atoms with Gasteiger partial charge in [-0.3, -0.25) is 9.59 Å². The highest BCUT2D eigenvalue weighted by Gasteiger charge is 2.31. The topological polar surface area (TPSA) is 144 Å². The Morgan fingerprint density at radius 2 is 1.74 bits per heavy atom. The van der Waals surface area contributed by atoms with Crippen molar-refractivity contribution < 1.29 is 32.3 Å². The van der Waals surface area contributed by atoms with E-state index in [0.29, 0.717) is 19.7 Å². The Kier molecular flexibility index (Phi) is 9.33. The molecule has 0 spiro atoms. The summed E-state index contributed by atoms with van der Waals surface area (Å²) in [6.07, 6.45) is 2.23. The molecule has 5 aromatic rings. The molecule has 4 aromatic carbocycles. The van der Waals surface area contributed by atoms with Crippen LogP contribution in [0.1, 0.15) is 37.6 Å². The van der Waals surface area contributed by atoms with Crippen molar-refractivity contribution in [2.45, 2.75) is 29.4 Å². The third-order valence-corrected chi connectivity index (χ3v) is 11.4. The predicted molar refractivity (Wildman–Crippen MR) is 187 cm³/mol. The molecular weight excluding hydrogens is 677 g/mol. The quantitative estimate of drug-likeness (QED) is 0.185. The highest BCUT2D eigenvalue weighted by Crippen LogP contribution is 2.34. The van der Waals surface area contributed by atoms with Crippen LogP contribution in [0.25, 0.3) is 10.6 Å². The van der Waals surface area contributed by atoms with Gasteiger partial charge in [0.25, 0.3) is 11.8 Å². The first-order valence-electron chi connectivity index (χ1n) is 16.0. The van der Waals surface area contributed by atoms with Crippen molar-refractivity contribution >= 4 is 44.8 Å². The number of rotatable bonds is 9. The van der Waals surface area contributed by atoms with E-state index in [0.717, 1.165) is 33.2 Å². The minimum atomic E-state index is -3.96.